The molecule has 0 fully saturated rings. The lowest BCUT2D eigenvalue weighted by atomic mass is 9.90. The molecular formula is C12H21N3OS. The van der Waals surface area contributed by atoms with Gasteiger partial charge in [0, 0.05) is 16.6 Å². The Kier molecular flexibility index (Phi) is 4.93. The standard InChI is InChI=1S/C12H21N3OS/c1-5-12(6-2,7-3)15-10(16)14-11-13-8-9(4)17-11/h8H,5-7H2,1-4H3,(H2,13,14,15,16). The molecule has 0 aliphatic heterocycles. The van der Waals surface area contributed by atoms with Crippen molar-refractivity contribution in [3.8, 4) is 0 Å². The fourth-order valence-electron chi connectivity index (χ4n) is 1.80. The summed E-state index contributed by atoms with van der Waals surface area (Å²) in [5, 5.41) is 6.48. The lowest BCUT2D eigenvalue weighted by Crippen LogP contribution is -2.48. The third kappa shape index (κ3) is 3.70. The van der Waals surface area contributed by atoms with Gasteiger partial charge in [0.15, 0.2) is 5.13 Å². The Bertz CT molecular complexity index is 363. The lowest BCUT2D eigenvalue weighted by Gasteiger charge is -2.31. The van der Waals surface area contributed by atoms with Gasteiger partial charge in [-0.1, -0.05) is 20.8 Å². The monoisotopic (exact) mass is 255 g/mol. The molecule has 1 aromatic rings. The van der Waals surface area contributed by atoms with Gasteiger partial charge in [-0.15, -0.1) is 11.3 Å². The Balaban J connectivity index is 2.59. The van der Waals surface area contributed by atoms with Crippen LogP contribution in [0.4, 0.5) is 9.93 Å². The number of carbonyl (C=O) groups is 1. The third-order valence-electron chi connectivity index (χ3n) is 3.25. The van der Waals surface area contributed by atoms with Crippen molar-refractivity contribution >= 4 is 22.5 Å². The van der Waals surface area contributed by atoms with E-state index in [0.29, 0.717) is 5.13 Å². The van der Waals surface area contributed by atoms with Crippen LogP contribution in [-0.2, 0) is 0 Å². The van der Waals surface area contributed by atoms with Crippen LogP contribution in [-0.4, -0.2) is 16.6 Å². The van der Waals surface area contributed by atoms with Crippen molar-refractivity contribution in [2.45, 2.75) is 52.5 Å². The van der Waals surface area contributed by atoms with Gasteiger partial charge in [0.1, 0.15) is 0 Å². The minimum absolute atomic E-state index is 0.101. The first kappa shape index (κ1) is 14.0. The zero-order valence-electron chi connectivity index (χ0n) is 11.0. The minimum Gasteiger partial charge on any atom is -0.332 e. The first-order valence-corrected chi connectivity index (χ1v) is 6.88. The number of nitrogens with zero attached hydrogens (tertiary/aromatic N) is 1. The molecule has 17 heavy (non-hydrogen) atoms. The van der Waals surface area contributed by atoms with E-state index in [1.54, 1.807) is 6.20 Å². The molecule has 0 radical (unpaired) electrons. The lowest BCUT2D eigenvalue weighted by molar-refractivity contribution is 0.229. The maximum atomic E-state index is 11.9. The van der Waals surface area contributed by atoms with Crippen molar-refractivity contribution in [2.75, 3.05) is 5.32 Å². The number of aryl methyl sites for hydroxylation is 1. The predicted molar refractivity (Wildman–Crippen MR) is 72.6 cm³/mol. The molecule has 2 N–H and O–H groups in total. The molecule has 0 saturated carbocycles. The normalized spacial score (nSPS) is 11.3. The van der Waals surface area contributed by atoms with Crippen LogP contribution in [0.15, 0.2) is 6.20 Å². The summed E-state index contributed by atoms with van der Waals surface area (Å²) >= 11 is 1.48. The summed E-state index contributed by atoms with van der Waals surface area (Å²) in [6.07, 6.45) is 4.56. The Morgan fingerprint density at radius 2 is 1.94 bits per heavy atom. The van der Waals surface area contributed by atoms with Gasteiger partial charge >= 0.3 is 6.03 Å². The second-order valence-electron chi connectivity index (χ2n) is 4.20. The molecule has 0 aromatic carbocycles. The van der Waals surface area contributed by atoms with Gasteiger partial charge in [-0.2, -0.15) is 0 Å². The second kappa shape index (κ2) is 6.00. The number of hydrogen-bond acceptors (Lipinski definition) is 3. The quantitative estimate of drug-likeness (QED) is 0.845. The highest BCUT2D eigenvalue weighted by Gasteiger charge is 2.25. The average Bonchev–Trinajstić information content (AvgIpc) is 2.72. The van der Waals surface area contributed by atoms with Gasteiger partial charge in [-0.05, 0) is 26.2 Å². The highest BCUT2D eigenvalue weighted by molar-refractivity contribution is 7.15. The van der Waals surface area contributed by atoms with E-state index in [2.05, 4.69) is 36.4 Å². The molecule has 1 aromatic heterocycles. The Morgan fingerprint density at radius 1 is 1.35 bits per heavy atom. The molecule has 96 valence electrons. The van der Waals surface area contributed by atoms with Crippen LogP contribution in [0.2, 0.25) is 0 Å². The van der Waals surface area contributed by atoms with E-state index in [4.69, 9.17) is 0 Å². The number of nitrogens with one attached hydrogen (secondary N) is 2. The molecule has 1 rings (SSSR count). The molecular weight excluding hydrogens is 234 g/mol. The van der Waals surface area contributed by atoms with E-state index < -0.39 is 0 Å². The van der Waals surface area contributed by atoms with Crippen LogP contribution < -0.4 is 10.6 Å². The fraction of sp³-hybridized carbons (Fsp3) is 0.667. The molecule has 0 aliphatic rings. The summed E-state index contributed by atoms with van der Waals surface area (Å²) in [7, 11) is 0. The number of urea groups is 1. The summed E-state index contributed by atoms with van der Waals surface area (Å²) in [4.78, 5) is 17.1. The van der Waals surface area contributed by atoms with Crippen LogP contribution in [0.25, 0.3) is 0 Å². The Hall–Kier alpha value is -1.10. The van der Waals surface area contributed by atoms with Crippen LogP contribution in [0.5, 0.6) is 0 Å². The second-order valence-corrected chi connectivity index (χ2v) is 5.43. The first-order chi connectivity index (χ1) is 8.05. The molecule has 0 atom stereocenters. The molecule has 0 saturated heterocycles. The van der Waals surface area contributed by atoms with E-state index in [0.717, 1.165) is 24.1 Å². The average molecular weight is 255 g/mol. The molecule has 0 unspecified atom stereocenters. The smallest absolute Gasteiger partial charge is 0.321 e. The van der Waals surface area contributed by atoms with E-state index in [1.165, 1.54) is 11.3 Å². The summed E-state index contributed by atoms with van der Waals surface area (Å²) in [6, 6.07) is -0.162. The molecule has 1 heterocycles. The Morgan fingerprint density at radius 3 is 2.35 bits per heavy atom. The van der Waals surface area contributed by atoms with Crippen molar-refractivity contribution in [1.82, 2.24) is 10.3 Å². The van der Waals surface area contributed by atoms with Crippen molar-refractivity contribution < 1.29 is 4.79 Å². The molecule has 5 heteroatoms. The fourth-order valence-corrected chi connectivity index (χ4v) is 2.46. The number of amides is 2. The molecule has 0 bridgehead atoms. The summed E-state index contributed by atoms with van der Waals surface area (Å²) in [6.45, 7) is 8.26. The number of carbonyl (C=O) groups excluding carboxylic acids is 1. The van der Waals surface area contributed by atoms with Gasteiger partial charge in [-0.25, -0.2) is 9.78 Å². The maximum Gasteiger partial charge on any atom is 0.321 e. The van der Waals surface area contributed by atoms with Crippen LogP contribution in [0.1, 0.15) is 44.9 Å². The SMILES string of the molecule is CCC(CC)(CC)NC(=O)Nc1ncc(C)s1. The number of anilines is 1. The van der Waals surface area contributed by atoms with Crippen molar-refractivity contribution in [3.05, 3.63) is 11.1 Å². The molecule has 0 aliphatic carbocycles. The van der Waals surface area contributed by atoms with Crippen LogP contribution in [0, 0.1) is 6.92 Å². The zero-order valence-corrected chi connectivity index (χ0v) is 11.8. The van der Waals surface area contributed by atoms with Crippen molar-refractivity contribution in [3.63, 3.8) is 0 Å². The Labute approximate surface area is 107 Å². The number of thiazole rings is 1. The van der Waals surface area contributed by atoms with Gasteiger partial charge in [0.2, 0.25) is 0 Å². The number of rotatable bonds is 5. The highest BCUT2D eigenvalue weighted by Crippen LogP contribution is 2.20. The first-order valence-electron chi connectivity index (χ1n) is 6.06. The van der Waals surface area contributed by atoms with Crippen LogP contribution in [0.3, 0.4) is 0 Å². The molecule has 2 amide bonds. The summed E-state index contributed by atoms with van der Waals surface area (Å²) in [5.74, 6) is 0. The van der Waals surface area contributed by atoms with Gasteiger partial charge in [-0.3, -0.25) is 5.32 Å². The summed E-state index contributed by atoms with van der Waals surface area (Å²) in [5.41, 5.74) is -0.101. The topological polar surface area (TPSA) is 54.0 Å². The molecule has 4 nitrogen and oxygen atoms in total. The largest absolute Gasteiger partial charge is 0.332 e. The molecule has 0 spiro atoms. The zero-order chi connectivity index (χ0) is 12.9. The van der Waals surface area contributed by atoms with E-state index in [9.17, 15) is 4.79 Å². The van der Waals surface area contributed by atoms with E-state index in [-0.39, 0.29) is 11.6 Å². The van der Waals surface area contributed by atoms with Crippen molar-refractivity contribution in [2.24, 2.45) is 0 Å². The summed E-state index contributed by atoms with van der Waals surface area (Å²) < 4.78 is 0. The highest BCUT2D eigenvalue weighted by atomic mass is 32.1. The maximum absolute atomic E-state index is 11.9. The number of aromatic nitrogens is 1. The van der Waals surface area contributed by atoms with Gasteiger partial charge in [0.25, 0.3) is 0 Å². The van der Waals surface area contributed by atoms with E-state index in [1.807, 2.05) is 6.92 Å². The van der Waals surface area contributed by atoms with E-state index >= 15 is 0 Å². The van der Waals surface area contributed by atoms with Crippen LogP contribution >= 0.6 is 11.3 Å². The number of hydrogen-bond donors (Lipinski definition) is 2. The van der Waals surface area contributed by atoms with Gasteiger partial charge < -0.3 is 5.32 Å². The minimum atomic E-state index is -0.162. The third-order valence-corrected chi connectivity index (χ3v) is 4.08. The van der Waals surface area contributed by atoms with Crippen molar-refractivity contribution in [1.29, 1.82) is 0 Å². The predicted octanol–water partition coefficient (Wildman–Crippen LogP) is 3.54. The van der Waals surface area contributed by atoms with Gasteiger partial charge in [0.05, 0.1) is 0 Å².